The highest BCUT2D eigenvalue weighted by Gasteiger charge is 2.19. The van der Waals surface area contributed by atoms with Gasteiger partial charge in [0.15, 0.2) is 0 Å². The summed E-state index contributed by atoms with van der Waals surface area (Å²) in [6.45, 7) is 7.80. The molecular weight excluding hydrogens is 196 g/mol. The van der Waals surface area contributed by atoms with Crippen LogP contribution in [0.25, 0.3) is 0 Å². The van der Waals surface area contributed by atoms with Crippen molar-refractivity contribution in [2.75, 3.05) is 18.0 Å². The summed E-state index contributed by atoms with van der Waals surface area (Å²) in [6, 6.07) is 9.47. The van der Waals surface area contributed by atoms with Gasteiger partial charge in [0.25, 0.3) is 0 Å². The minimum atomic E-state index is 0.682. The minimum absolute atomic E-state index is 0.682. The van der Waals surface area contributed by atoms with Crippen molar-refractivity contribution in [2.45, 2.75) is 39.3 Å². The van der Waals surface area contributed by atoms with Crippen molar-refractivity contribution in [3.05, 3.63) is 29.8 Å². The molecule has 2 nitrogen and oxygen atoms in total. The summed E-state index contributed by atoms with van der Waals surface area (Å²) in [5.41, 5.74) is 2.87. The van der Waals surface area contributed by atoms with E-state index in [-0.39, 0.29) is 0 Å². The number of fused-ring (bicyclic) bond motifs is 1. The fraction of sp³-hybridized carbons (Fsp3) is 0.571. The normalized spacial score (nSPS) is 16.1. The van der Waals surface area contributed by atoms with Crippen molar-refractivity contribution in [1.82, 2.24) is 5.32 Å². The monoisotopic (exact) mass is 218 g/mol. The number of para-hydroxylation sites is 1. The van der Waals surface area contributed by atoms with E-state index in [1.807, 2.05) is 0 Å². The van der Waals surface area contributed by atoms with E-state index in [0.717, 1.165) is 19.6 Å². The van der Waals surface area contributed by atoms with Crippen LogP contribution < -0.4 is 10.2 Å². The predicted octanol–water partition coefficient (Wildman–Crippen LogP) is 2.78. The lowest BCUT2D eigenvalue weighted by atomic mass is 10.1. The van der Waals surface area contributed by atoms with Gasteiger partial charge in [-0.2, -0.15) is 0 Å². The topological polar surface area (TPSA) is 15.3 Å². The van der Waals surface area contributed by atoms with Crippen molar-refractivity contribution < 1.29 is 0 Å². The number of hydrogen-bond donors (Lipinski definition) is 1. The van der Waals surface area contributed by atoms with Crippen LogP contribution in [-0.2, 0) is 6.54 Å². The Kier molecular flexibility index (Phi) is 3.83. The molecule has 0 aromatic heterocycles. The lowest BCUT2D eigenvalue weighted by molar-refractivity contribution is 0.552. The molecule has 1 aromatic rings. The van der Waals surface area contributed by atoms with Gasteiger partial charge in [-0.3, -0.25) is 0 Å². The molecule has 0 fully saturated rings. The average molecular weight is 218 g/mol. The highest BCUT2D eigenvalue weighted by atomic mass is 15.2. The fourth-order valence-electron chi connectivity index (χ4n) is 2.59. The van der Waals surface area contributed by atoms with Crippen LogP contribution >= 0.6 is 0 Å². The maximum Gasteiger partial charge on any atom is 0.0414 e. The first-order chi connectivity index (χ1) is 7.86. The van der Waals surface area contributed by atoms with Crippen LogP contribution in [0.2, 0.25) is 0 Å². The molecule has 2 heteroatoms. The molecule has 0 atom stereocenters. The largest absolute Gasteiger partial charge is 0.367 e. The van der Waals surface area contributed by atoms with Gasteiger partial charge in [-0.25, -0.2) is 0 Å². The van der Waals surface area contributed by atoms with Crippen molar-refractivity contribution in [3.8, 4) is 0 Å². The van der Waals surface area contributed by atoms with E-state index in [1.165, 1.54) is 24.1 Å². The molecule has 0 aliphatic carbocycles. The Hall–Kier alpha value is -1.02. The standard InChI is InChI=1S/C14H22N2/c1-3-13(4-2)16-10-9-15-11-12-7-5-6-8-14(12)16/h5-8,13,15H,3-4,9-11H2,1-2H3. The van der Waals surface area contributed by atoms with Crippen LogP contribution in [0.1, 0.15) is 32.3 Å². The number of nitrogens with zero attached hydrogens (tertiary/aromatic N) is 1. The van der Waals surface area contributed by atoms with Gasteiger partial charge in [0.2, 0.25) is 0 Å². The van der Waals surface area contributed by atoms with Gasteiger partial charge in [0.05, 0.1) is 0 Å². The summed E-state index contributed by atoms with van der Waals surface area (Å²) >= 11 is 0. The number of benzene rings is 1. The number of hydrogen-bond acceptors (Lipinski definition) is 2. The Morgan fingerprint density at radius 1 is 1.25 bits per heavy atom. The molecule has 0 radical (unpaired) electrons. The molecule has 0 bridgehead atoms. The third kappa shape index (κ3) is 2.22. The summed E-state index contributed by atoms with van der Waals surface area (Å²) in [7, 11) is 0. The Bertz CT molecular complexity index is 331. The fourth-order valence-corrected chi connectivity index (χ4v) is 2.59. The van der Waals surface area contributed by atoms with Crippen molar-refractivity contribution in [3.63, 3.8) is 0 Å². The van der Waals surface area contributed by atoms with E-state index in [2.05, 4.69) is 48.3 Å². The molecule has 16 heavy (non-hydrogen) atoms. The molecule has 1 aliphatic rings. The first-order valence-corrected chi connectivity index (χ1v) is 6.42. The SMILES string of the molecule is CCC(CC)N1CCNCc2ccccc21. The van der Waals surface area contributed by atoms with Gasteiger partial charge < -0.3 is 10.2 Å². The third-order valence-electron chi connectivity index (χ3n) is 3.53. The van der Waals surface area contributed by atoms with Gasteiger partial charge in [0.1, 0.15) is 0 Å². The average Bonchev–Trinajstić information content (AvgIpc) is 2.54. The van der Waals surface area contributed by atoms with Crippen molar-refractivity contribution >= 4 is 5.69 Å². The summed E-state index contributed by atoms with van der Waals surface area (Å²) in [6.07, 6.45) is 2.45. The molecular formula is C14H22N2. The molecule has 2 rings (SSSR count). The lowest BCUT2D eigenvalue weighted by Crippen LogP contribution is -2.37. The molecule has 1 heterocycles. The summed E-state index contributed by atoms with van der Waals surface area (Å²) < 4.78 is 0. The van der Waals surface area contributed by atoms with Crippen LogP contribution in [-0.4, -0.2) is 19.1 Å². The molecule has 1 aliphatic heterocycles. The van der Waals surface area contributed by atoms with Gasteiger partial charge in [-0.1, -0.05) is 32.0 Å². The highest BCUT2D eigenvalue weighted by molar-refractivity contribution is 5.55. The zero-order valence-electron chi connectivity index (χ0n) is 10.4. The molecule has 0 spiro atoms. The second-order valence-corrected chi connectivity index (χ2v) is 4.47. The van der Waals surface area contributed by atoms with Gasteiger partial charge >= 0.3 is 0 Å². The van der Waals surface area contributed by atoms with Crippen LogP contribution in [0.3, 0.4) is 0 Å². The number of anilines is 1. The summed E-state index contributed by atoms with van der Waals surface area (Å²) in [4.78, 5) is 2.58. The molecule has 0 saturated carbocycles. The van der Waals surface area contributed by atoms with Gasteiger partial charge in [-0.15, -0.1) is 0 Å². The molecule has 1 aromatic carbocycles. The third-order valence-corrected chi connectivity index (χ3v) is 3.53. The predicted molar refractivity (Wildman–Crippen MR) is 69.9 cm³/mol. The molecule has 0 amide bonds. The lowest BCUT2D eigenvalue weighted by Gasteiger charge is -2.32. The summed E-state index contributed by atoms with van der Waals surface area (Å²) in [5, 5.41) is 3.49. The Morgan fingerprint density at radius 3 is 2.75 bits per heavy atom. The Balaban J connectivity index is 2.31. The molecule has 88 valence electrons. The first-order valence-electron chi connectivity index (χ1n) is 6.42. The zero-order chi connectivity index (χ0) is 11.4. The maximum absolute atomic E-state index is 3.49. The van der Waals surface area contributed by atoms with Gasteiger partial charge in [-0.05, 0) is 24.5 Å². The molecule has 1 N–H and O–H groups in total. The smallest absolute Gasteiger partial charge is 0.0414 e. The number of rotatable bonds is 3. The van der Waals surface area contributed by atoms with E-state index < -0.39 is 0 Å². The van der Waals surface area contributed by atoms with Crippen LogP contribution in [0, 0.1) is 0 Å². The van der Waals surface area contributed by atoms with Crippen LogP contribution in [0.15, 0.2) is 24.3 Å². The molecule has 0 saturated heterocycles. The van der Waals surface area contributed by atoms with E-state index in [4.69, 9.17) is 0 Å². The van der Waals surface area contributed by atoms with Crippen LogP contribution in [0.5, 0.6) is 0 Å². The van der Waals surface area contributed by atoms with E-state index in [0.29, 0.717) is 6.04 Å². The number of nitrogens with one attached hydrogen (secondary N) is 1. The van der Waals surface area contributed by atoms with E-state index >= 15 is 0 Å². The Morgan fingerprint density at radius 2 is 2.00 bits per heavy atom. The maximum atomic E-state index is 3.49. The quantitative estimate of drug-likeness (QED) is 0.839. The van der Waals surface area contributed by atoms with E-state index in [9.17, 15) is 0 Å². The zero-order valence-corrected chi connectivity index (χ0v) is 10.4. The summed E-state index contributed by atoms with van der Waals surface area (Å²) in [5.74, 6) is 0. The minimum Gasteiger partial charge on any atom is -0.367 e. The molecule has 0 unspecified atom stereocenters. The second-order valence-electron chi connectivity index (χ2n) is 4.47. The van der Waals surface area contributed by atoms with Crippen molar-refractivity contribution in [2.24, 2.45) is 0 Å². The highest BCUT2D eigenvalue weighted by Crippen LogP contribution is 2.25. The second kappa shape index (κ2) is 5.35. The van der Waals surface area contributed by atoms with Gasteiger partial charge in [0, 0.05) is 31.4 Å². The first kappa shape index (κ1) is 11.5. The van der Waals surface area contributed by atoms with Crippen molar-refractivity contribution in [1.29, 1.82) is 0 Å². The van der Waals surface area contributed by atoms with Crippen LogP contribution in [0.4, 0.5) is 5.69 Å². The Labute approximate surface area is 98.7 Å². The van der Waals surface area contributed by atoms with E-state index in [1.54, 1.807) is 0 Å².